The molecule has 2 aromatic carbocycles. The number of ether oxygens (including phenoxy) is 1. The molecular weight excluding hydrogens is 489 g/mol. The molecule has 0 spiro atoms. The summed E-state index contributed by atoms with van der Waals surface area (Å²) in [6.07, 6.45) is 1.85. The molecule has 1 aliphatic rings. The second-order valence-electron chi connectivity index (χ2n) is 8.31. The number of carbonyl (C=O) groups is 1. The fraction of sp³-hybridized carbons (Fsp3) is 0.231. The molecule has 0 radical (unpaired) electrons. The predicted molar refractivity (Wildman–Crippen MR) is 135 cm³/mol. The lowest BCUT2D eigenvalue weighted by molar-refractivity contribution is 0.0944. The van der Waals surface area contributed by atoms with Crippen molar-refractivity contribution in [2.75, 3.05) is 12.4 Å². The topological polar surface area (TPSA) is 76.4 Å². The van der Waals surface area contributed by atoms with E-state index in [1.807, 2.05) is 18.2 Å². The monoisotopic (exact) mass is 511 g/mol. The number of aliphatic hydroxyl groups excluding tert-OH is 1. The van der Waals surface area contributed by atoms with E-state index in [-0.39, 0.29) is 23.6 Å². The molecule has 1 aliphatic carbocycles. The van der Waals surface area contributed by atoms with Crippen molar-refractivity contribution in [2.24, 2.45) is 0 Å². The first-order valence-electron chi connectivity index (χ1n) is 11.2. The molecule has 35 heavy (non-hydrogen) atoms. The van der Waals surface area contributed by atoms with Crippen LogP contribution in [-0.4, -0.2) is 27.9 Å². The van der Waals surface area contributed by atoms with Crippen LogP contribution >= 0.6 is 22.9 Å². The van der Waals surface area contributed by atoms with E-state index < -0.39 is 17.8 Å². The number of para-hydroxylation sites is 1. The molecule has 5 rings (SSSR count). The molecule has 0 amide bonds. The van der Waals surface area contributed by atoms with Crippen molar-refractivity contribution in [3.8, 4) is 17.0 Å². The lowest BCUT2D eigenvalue weighted by Crippen LogP contribution is -2.18. The standard InChI is InChI=1S/C26H23ClFN3O3S/c1-34-21-8-3-2-6-19(21)26(33)31-25(29-14-17-10-12-22(27)35-17)23(28)24(30-31)16-9-11-18-15(13-16)5-4-7-20(18)32/h2-3,6,8-13,20,29,32H,4-5,7,14H2,1H3. The number of aromatic nitrogens is 2. The highest BCUT2D eigenvalue weighted by Gasteiger charge is 2.27. The van der Waals surface area contributed by atoms with E-state index in [0.717, 1.165) is 33.5 Å². The zero-order valence-corrected chi connectivity index (χ0v) is 20.5. The van der Waals surface area contributed by atoms with Crippen LogP contribution in [0.15, 0.2) is 54.6 Å². The van der Waals surface area contributed by atoms with Crippen LogP contribution < -0.4 is 10.1 Å². The SMILES string of the molecule is COc1ccccc1C(=O)n1nc(-c2ccc3c(c2)CCCC3O)c(F)c1NCc1ccc(Cl)s1. The van der Waals surface area contributed by atoms with E-state index in [1.54, 1.807) is 36.4 Å². The number of thiophene rings is 1. The van der Waals surface area contributed by atoms with Gasteiger partial charge in [0.05, 0.1) is 29.7 Å². The highest BCUT2D eigenvalue weighted by molar-refractivity contribution is 7.16. The third-order valence-electron chi connectivity index (χ3n) is 6.12. The zero-order chi connectivity index (χ0) is 24.5. The van der Waals surface area contributed by atoms with E-state index in [4.69, 9.17) is 16.3 Å². The molecule has 4 aromatic rings. The molecular formula is C26H23ClFN3O3S. The number of hydrogen-bond acceptors (Lipinski definition) is 6. The Kier molecular flexibility index (Phi) is 6.60. The number of methoxy groups -OCH3 is 1. The molecule has 0 saturated carbocycles. The van der Waals surface area contributed by atoms with Crippen LogP contribution in [0.4, 0.5) is 10.2 Å². The Morgan fingerprint density at radius 3 is 2.89 bits per heavy atom. The second-order valence-corrected chi connectivity index (χ2v) is 10.1. The predicted octanol–water partition coefficient (Wildman–Crippen LogP) is 6.08. The fourth-order valence-electron chi connectivity index (χ4n) is 4.37. The first kappa shape index (κ1) is 23.5. The molecule has 2 aromatic heterocycles. The summed E-state index contributed by atoms with van der Waals surface area (Å²) < 4.78 is 22.9. The number of aliphatic hydroxyl groups is 1. The highest BCUT2D eigenvalue weighted by atomic mass is 35.5. The van der Waals surface area contributed by atoms with E-state index in [1.165, 1.54) is 18.4 Å². The summed E-state index contributed by atoms with van der Waals surface area (Å²) >= 11 is 7.40. The van der Waals surface area contributed by atoms with Crippen molar-refractivity contribution in [1.82, 2.24) is 9.78 Å². The van der Waals surface area contributed by atoms with E-state index in [0.29, 0.717) is 22.1 Å². The van der Waals surface area contributed by atoms with E-state index >= 15 is 4.39 Å². The quantitative estimate of drug-likeness (QED) is 0.328. The van der Waals surface area contributed by atoms with Gasteiger partial charge in [-0.1, -0.05) is 35.9 Å². The summed E-state index contributed by atoms with van der Waals surface area (Å²) in [7, 11) is 1.47. The van der Waals surface area contributed by atoms with Crippen molar-refractivity contribution >= 4 is 34.7 Å². The Morgan fingerprint density at radius 2 is 2.11 bits per heavy atom. The maximum atomic E-state index is 15.9. The highest BCUT2D eigenvalue weighted by Crippen LogP contribution is 2.35. The smallest absolute Gasteiger partial charge is 0.283 e. The second kappa shape index (κ2) is 9.81. The minimum Gasteiger partial charge on any atom is -0.496 e. The van der Waals surface area contributed by atoms with Crippen molar-refractivity contribution in [3.63, 3.8) is 0 Å². The van der Waals surface area contributed by atoms with Gasteiger partial charge in [0.1, 0.15) is 11.4 Å². The zero-order valence-electron chi connectivity index (χ0n) is 18.9. The molecule has 2 N–H and O–H groups in total. The number of nitrogens with zero attached hydrogens (tertiary/aromatic N) is 2. The van der Waals surface area contributed by atoms with Crippen LogP contribution in [0.1, 0.15) is 45.3 Å². The molecule has 9 heteroatoms. The number of rotatable bonds is 6. The average Bonchev–Trinajstić information content (AvgIpc) is 3.44. The van der Waals surface area contributed by atoms with Gasteiger partial charge in [0, 0.05) is 10.4 Å². The third kappa shape index (κ3) is 4.57. The van der Waals surface area contributed by atoms with Crippen LogP contribution in [0.5, 0.6) is 5.75 Å². The van der Waals surface area contributed by atoms with Gasteiger partial charge < -0.3 is 15.2 Å². The minimum atomic E-state index is -0.632. The molecule has 2 heterocycles. The first-order valence-corrected chi connectivity index (χ1v) is 12.4. The number of aryl methyl sites for hydroxylation is 1. The maximum Gasteiger partial charge on any atom is 0.283 e. The summed E-state index contributed by atoms with van der Waals surface area (Å²) in [5.74, 6) is -0.827. The molecule has 0 aliphatic heterocycles. The minimum absolute atomic E-state index is 0.0433. The van der Waals surface area contributed by atoms with Gasteiger partial charge in [-0.3, -0.25) is 4.79 Å². The molecule has 6 nitrogen and oxygen atoms in total. The molecule has 0 saturated heterocycles. The Bertz CT molecular complexity index is 1400. The first-order chi connectivity index (χ1) is 17.0. The summed E-state index contributed by atoms with van der Waals surface area (Å²) in [6, 6.07) is 15.8. The van der Waals surface area contributed by atoms with E-state index in [2.05, 4.69) is 10.4 Å². The van der Waals surface area contributed by atoms with Crippen molar-refractivity contribution in [3.05, 3.63) is 86.3 Å². The van der Waals surface area contributed by atoms with Gasteiger partial charge in [0.25, 0.3) is 5.91 Å². The summed E-state index contributed by atoms with van der Waals surface area (Å²) in [4.78, 5) is 14.4. The normalized spacial score (nSPS) is 15.0. The number of hydrogen-bond donors (Lipinski definition) is 2. The van der Waals surface area contributed by atoms with Gasteiger partial charge in [0.2, 0.25) is 0 Å². The van der Waals surface area contributed by atoms with E-state index in [9.17, 15) is 9.90 Å². The number of nitrogens with one attached hydrogen (secondary N) is 1. The largest absolute Gasteiger partial charge is 0.496 e. The van der Waals surface area contributed by atoms with Crippen LogP contribution in [-0.2, 0) is 13.0 Å². The lowest BCUT2D eigenvalue weighted by Gasteiger charge is -2.21. The molecule has 0 fully saturated rings. The molecule has 180 valence electrons. The van der Waals surface area contributed by atoms with Gasteiger partial charge in [-0.2, -0.15) is 9.78 Å². The molecule has 1 unspecified atom stereocenters. The number of benzene rings is 2. The van der Waals surface area contributed by atoms with Gasteiger partial charge in [0.15, 0.2) is 11.6 Å². The van der Waals surface area contributed by atoms with Crippen LogP contribution in [0.3, 0.4) is 0 Å². The fourth-order valence-corrected chi connectivity index (χ4v) is 5.40. The number of anilines is 1. The van der Waals surface area contributed by atoms with Crippen LogP contribution in [0.2, 0.25) is 4.34 Å². The van der Waals surface area contributed by atoms with Crippen LogP contribution in [0.25, 0.3) is 11.3 Å². The molecule has 0 bridgehead atoms. The number of carbonyl (C=O) groups excluding carboxylic acids is 1. The van der Waals surface area contributed by atoms with Gasteiger partial charge in [-0.25, -0.2) is 4.39 Å². The number of fused-ring (bicyclic) bond motifs is 1. The molecule has 1 atom stereocenters. The maximum absolute atomic E-state index is 15.9. The van der Waals surface area contributed by atoms with Gasteiger partial charge >= 0.3 is 0 Å². The summed E-state index contributed by atoms with van der Waals surface area (Å²) in [6.45, 7) is 0.273. The Balaban J connectivity index is 1.58. The third-order valence-corrected chi connectivity index (χ3v) is 7.35. The van der Waals surface area contributed by atoms with Crippen molar-refractivity contribution < 1.29 is 19.0 Å². The number of halogens is 2. The Hall–Kier alpha value is -3.20. The average molecular weight is 512 g/mol. The van der Waals surface area contributed by atoms with Crippen LogP contribution in [0, 0.1) is 5.82 Å². The summed E-state index contributed by atoms with van der Waals surface area (Å²) in [5.41, 5.74) is 2.69. The van der Waals surface area contributed by atoms with Crippen molar-refractivity contribution in [1.29, 1.82) is 0 Å². The van der Waals surface area contributed by atoms with Gasteiger partial charge in [-0.15, -0.1) is 11.3 Å². The van der Waals surface area contributed by atoms with Crippen molar-refractivity contribution in [2.45, 2.75) is 31.9 Å². The Labute approximate surface area is 210 Å². The Morgan fingerprint density at radius 1 is 1.29 bits per heavy atom. The lowest BCUT2D eigenvalue weighted by atomic mass is 9.88. The van der Waals surface area contributed by atoms with Gasteiger partial charge in [-0.05, 0) is 60.7 Å². The summed E-state index contributed by atoms with van der Waals surface area (Å²) in [5, 5.41) is 17.7.